The molecule has 5 heteroatoms. The van der Waals surface area contributed by atoms with E-state index in [0.717, 1.165) is 25.0 Å². The van der Waals surface area contributed by atoms with Crippen LogP contribution in [0.3, 0.4) is 0 Å². The van der Waals surface area contributed by atoms with Gasteiger partial charge in [-0.1, -0.05) is 13.8 Å². The van der Waals surface area contributed by atoms with Gasteiger partial charge in [0.25, 0.3) is 5.91 Å². The number of halogens is 2. The van der Waals surface area contributed by atoms with Gasteiger partial charge in [-0.05, 0) is 30.9 Å². The summed E-state index contributed by atoms with van der Waals surface area (Å²) in [6.45, 7) is 4.67. The number of carbonyl (C=O) groups excluding carboxylic acids is 1. The lowest BCUT2D eigenvalue weighted by atomic mass is 10.1. The smallest absolute Gasteiger partial charge is 0.251 e. The van der Waals surface area contributed by atoms with Crippen molar-refractivity contribution < 1.29 is 13.6 Å². The summed E-state index contributed by atoms with van der Waals surface area (Å²) in [4.78, 5) is 11.6. The minimum atomic E-state index is -0.915. The van der Waals surface area contributed by atoms with E-state index in [1.165, 1.54) is 0 Å². The van der Waals surface area contributed by atoms with Crippen molar-refractivity contribution in [2.75, 3.05) is 12.3 Å². The highest BCUT2D eigenvalue weighted by atomic mass is 19.1. The minimum absolute atomic E-state index is 0.0521. The van der Waals surface area contributed by atoms with Gasteiger partial charge in [-0.25, -0.2) is 8.78 Å². The highest BCUT2D eigenvalue weighted by molar-refractivity contribution is 5.94. The molecule has 1 aromatic carbocycles. The van der Waals surface area contributed by atoms with Gasteiger partial charge in [-0.2, -0.15) is 0 Å². The van der Waals surface area contributed by atoms with E-state index in [4.69, 9.17) is 5.73 Å². The van der Waals surface area contributed by atoms with Gasteiger partial charge in [0.05, 0.1) is 0 Å². The number of benzene rings is 1. The Morgan fingerprint density at radius 3 is 2.39 bits per heavy atom. The first kappa shape index (κ1) is 14.4. The molecule has 0 aliphatic heterocycles. The molecule has 0 radical (unpaired) electrons. The summed E-state index contributed by atoms with van der Waals surface area (Å²) in [7, 11) is 0. The van der Waals surface area contributed by atoms with E-state index in [1.807, 2.05) is 0 Å². The highest BCUT2D eigenvalue weighted by Crippen LogP contribution is 2.17. The van der Waals surface area contributed by atoms with Gasteiger partial charge < -0.3 is 11.1 Å². The van der Waals surface area contributed by atoms with Gasteiger partial charge in [-0.3, -0.25) is 4.79 Å². The molecule has 1 rings (SSSR count). The highest BCUT2D eigenvalue weighted by Gasteiger charge is 2.12. The molecular formula is C13H18F2N2O. The first-order valence-electron chi connectivity index (χ1n) is 5.94. The second kappa shape index (κ2) is 6.33. The maximum Gasteiger partial charge on any atom is 0.251 e. The third-order valence-electron chi connectivity index (χ3n) is 2.59. The molecule has 0 atom stereocenters. The molecule has 0 saturated carbocycles. The average molecular weight is 256 g/mol. The Balaban J connectivity index is 2.57. The van der Waals surface area contributed by atoms with Crippen LogP contribution in [-0.4, -0.2) is 12.5 Å². The molecule has 3 N–H and O–H groups in total. The molecule has 0 saturated heterocycles. The predicted octanol–water partition coefficient (Wildman–Crippen LogP) is 2.71. The van der Waals surface area contributed by atoms with E-state index < -0.39 is 23.2 Å². The number of carbonyl (C=O) groups is 1. The van der Waals surface area contributed by atoms with Gasteiger partial charge in [0.1, 0.15) is 17.3 Å². The van der Waals surface area contributed by atoms with Crippen LogP contribution in [0.4, 0.5) is 14.5 Å². The first-order valence-corrected chi connectivity index (χ1v) is 5.94. The van der Waals surface area contributed by atoms with Crippen molar-refractivity contribution in [1.29, 1.82) is 0 Å². The average Bonchev–Trinajstić information content (AvgIpc) is 2.30. The number of nitrogen functional groups attached to an aromatic ring is 1. The lowest BCUT2D eigenvalue weighted by molar-refractivity contribution is 0.0951. The minimum Gasteiger partial charge on any atom is -0.394 e. The summed E-state index contributed by atoms with van der Waals surface area (Å²) in [6, 6.07) is 1.88. The van der Waals surface area contributed by atoms with E-state index in [-0.39, 0.29) is 5.56 Å². The van der Waals surface area contributed by atoms with Gasteiger partial charge >= 0.3 is 0 Å². The fourth-order valence-electron chi connectivity index (χ4n) is 1.53. The maximum absolute atomic E-state index is 13.1. The van der Waals surface area contributed by atoms with Crippen molar-refractivity contribution in [2.24, 2.45) is 5.92 Å². The Bertz CT molecular complexity index is 410. The van der Waals surface area contributed by atoms with E-state index >= 15 is 0 Å². The maximum atomic E-state index is 13.1. The Hall–Kier alpha value is -1.65. The van der Waals surface area contributed by atoms with Crippen LogP contribution in [0.1, 0.15) is 37.0 Å². The Kier molecular flexibility index (Phi) is 5.07. The Labute approximate surface area is 105 Å². The summed E-state index contributed by atoms with van der Waals surface area (Å²) >= 11 is 0. The van der Waals surface area contributed by atoms with Crippen molar-refractivity contribution >= 4 is 11.6 Å². The van der Waals surface area contributed by atoms with Crippen LogP contribution in [0.15, 0.2) is 12.1 Å². The van der Waals surface area contributed by atoms with Crippen LogP contribution in [0, 0.1) is 17.6 Å². The number of nitrogens with two attached hydrogens (primary N) is 1. The molecule has 3 nitrogen and oxygen atoms in total. The molecule has 0 unspecified atom stereocenters. The van der Waals surface area contributed by atoms with Gasteiger partial charge in [0, 0.05) is 12.1 Å². The SMILES string of the molecule is CC(C)CCCNC(=O)c1cc(F)c(N)c(F)c1. The molecule has 0 aromatic heterocycles. The van der Waals surface area contributed by atoms with Gasteiger partial charge in [-0.15, -0.1) is 0 Å². The second-order valence-electron chi connectivity index (χ2n) is 4.65. The van der Waals surface area contributed by atoms with Crippen LogP contribution < -0.4 is 11.1 Å². The first-order chi connectivity index (χ1) is 8.41. The molecule has 0 fully saturated rings. The number of hydrogen-bond donors (Lipinski definition) is 2. The molecular weight excluding hydrogens is 238 g/mol. The summed E-state index contributed by atoms with van der Waals surface area (Å²) in [6.07, 6.45) is 1.83. The van der Waals surface area contributed by atoms with Crippen LogP contribution in [0.25, 0.3) is 0 Å². The zero-order chi connectivity index (χ0) is 13.7. The molecule has 1 amide bonds. The van der Waals surface area contributed by atoms with Crippen molar-refractivity contribution in [3.63, 3.8) is 0 Å². The van der Waals surface area contributed by atoms with E-state index in [2.05, 4.69) is 19.2 Å². The normalized spacial score (nSPS) is 10.7. The van der Waals surface area contributed by atoms with Crippen molar-refractivity contribution in [3.8, 4) is 0 Å². The van der Waals surface area contributed by atoms with Crippen LogP contribution in [0.2, 0.25) is 0 Å². The number of nitrogens with one attached hydrogen (secondary N) is 1. The van der Waals surface area contributed by atoms with Crippen molar-refractivity contribution in [2.45, 2.75) is 26.7 Å². The zero-order valence-corrected chi connectivity index (χ0v) is 10.6. The van der Waals surface area contributed by atoms with Crippen LogP contribution in [0.5, 0.6) is 0 Å². The summed E-state index contributed by atoms with van der Waals surface area (Å²) in [5, 5.41) is 2.62. The largest absolute Gasteiger partial charge is 0.394 e. The zero-order valence-electron chi connectivity index (χ0n) is 10.6. The fourth-order valence-corrected chi connectivity index (χ4v) is 1.53. The fraction of sp³-hybridized carbons (Fsp3) is 0.462. The molecule has 1 aromatic rings. The van der Waals surface area contributed by atoms with Gasteiger partial charge in [0.15, 0.2) is 0 Å². The quantitative estimate of drug-likeness (QED) is 0.628. The van der Waals surface area contributed by atoms with Crippen molar-refractivity contribution in [1.82, 2.24) is 5.32 Å². The third-order valence-corrected chi connectivity index (χ3v) is 2.59. The van der Waals surface area contributed by atoms with Gasteiger partial charge in [0.2, 0.25) is 0 Å². The Morgan fingerprint density at radius 1 is 1.33 bits per heavy atom. The molecule has 100 valence electrons. The number of hydrogen-bond acceptors (Lipinski definition) is 2. The number of anilines is 1. The monoisotopic (exact) mass is 256 g/mol. The topological polar surface area (TPSA) is 55.1 Å². The molecule has 0 bridgehead atoms. The van der Waals surface area contributed by atoms with E-state index in [9.17, 15) is 13.6 Å². The van der Waals surface area contributed by atoms with Crippen LogP contribution in [-0.2, 0) is 0 Å². The Morgan fingerprint density at radius 2 is 1.89 bits per heavy atom. The number of rotatable bonds is 5. The number of amides is 1. The summed E-state index contributed by atoms with van der Waals surface area (Å²) in [5.74, 6) is -1.76. The molecule has 0 heterocycles. The molecule has 0 aliphatic rings. The molecule has 18 heavy (non-hydrogen) atoms. The van der Waals surface area contributed by atoms with E-state index in [1.54, 1.807) is 0 Å². The van der Waals surface area contributed by atoms with E-state index in [0.29, 0.717) is 12.5 Å². The summed E-state index contributed by atoms with van der Waals surface area (Å²) in [5.41, 5.74) is 4.51. The second-order valence-corrected chi connectivity index (χ2v) is 4.65. The summed E-state index contributed by atoms with van der Waals surface area (Å²) < 4.78 is 26.3. The lowest BCUT2D eigenvalue weighted by Crippen LogP contribution is -2.25. The van der Waals surface area contributed by atoms with Crippen LogP contribution >= 0.6 is 0 Å². The molecule has 0 aliphatic carbocycles. The third kappa shape index (κ3) is 3.98. The van der Waals surface area contributed by atoms with Crippen molar-refractivity contribution in [3.05, 3.63) is 29.3 Å². The standard InChI is InChI=1S/C13H18F2N2O/c1-8(2)4-3-5-17-13(18)9-6-10(14)12(16)11(15)7-9/h6-8H,3-5,16H2,1-2H3,(H,17,18). The lowest BCUT2D eigenvalue weighted by Gasteiger charge is -2.08. The molecule has 0 spiro atoms. The predicted molar refractivity (Wildman–Crippen MR) is 67.2 cm³/mol.